The third-order valence-electron chi connectivity index (χ3n) is 3.41. The fourth-order valence-electron chi connectivity index (χ4n) is 1.89. The fraction of sp³-hybridized carbons (Fsp3) is 0.846. The molecule has 1 aromatic rings. The Morgan fingerprint density at radius 3 is 2.84 bits per heavy atom. The van der Waals surface area contributed by atoms with Crippen LogP contribution in [0.25, 0.3) is 0 Å². The first-order valence-electron chi connectivity index (χ1n) is 6.67. The van der Waals surface area contributed by atoms with Gasteiger partial charge in [-0.15, -0.1) is 0 Å². The molecule has 0 aromatic carbocycles. The molecule has 1 aromatic heterocycles. The van der Waals surface area contributed by atoms with Crippen LogP contribution in [0.4, 0.5) is 0 Å². The third kappa shape index (κ3) is 3.75. The molecule has 0 aliphatic carbocycles. The molecule has 19 heavy (non-hydrogen) atoms. The average molecular weight is 269 g/mol. The van der Waals surface area contributed by atoms with Gasteiger partial charge in [0.25, 0.3) is 0 Å². The zero-order valence-electron chi connectivity index (χ0n) is 12.1. The Hall–Kier alpha value is -0.980. The van der Waals surface area contributed by atoms with Gasteiger partial charge in [-0.2, -0.15) is 4.98 Å². The van der Waals surface area contributed by atoms with Crippen molar-refractivity contribution in [1.82, 2.24) is 15.0 Å². The molecule has 0 spiro atoms. The monoisotopic (exact) mass is 269 g/mol. The fourth-order valence-corrected chi connectivity index (χ4v) is 1.89. The molecular formula is C13H23N3O3. The summed E-state index contributed by atoms with van der Waals surface area (Å²) < 4.78 is 10.8. The van der Waals surface area contributed by atoms with Crippen molar-refractivity contribution in [2.24, 2.45) is 5.41 Å². The van der Waals surface area contributed by atoms with Crippen LogP contribution in [-0.2, 0) is 11.2 Å². The van der Waals surface area contributed by atoms with E-state index in [-0.39, 0.29) is 11.5 Å². The maximum Gasteiger partial charge on any atom is 0.229 e. The highest BCUT2D eigenvalue weighted by Gasteiger charge is 2.27. The number of rotatable bonds is 3. The second-order valence-corrected chi connectivity index (χ2v) is 6.25. The maximum absolute atomic E-state index is 10.0. The van der Waals surface area contributed by atoms with E-state index < -0.39 is 6.10 Å². The largest absolute Gasteiger partial charge is 0.392 e. The quantitative estimate of drug-likeness (QED) is 0.883. The first kappa shape index (κ1) is 14.4. The lowest BCUT2D eigenvalue weighted by Gasteiger charge is -2.27. The summed E-state index contributed by atoms with van der Waals surface area (Å²) in [5.41, 5.74) is -0.198. The van der Waals surface area contributed by atoms with Crippen molar-refractivity contribution in [2.75, 3.05) is 26.7 Å². The SMILES string of the molecule is CN1CCOC(c2noc(CC(O)C(C)(C)C)n2)C1. The number of aliphatic hydroxyl groups is 1. The number of ether oxygens (including phenoxy) is 1. The molecule has 1 aliphatic rings. The molecule has 2 rings (SSSR count). The van der Waals surface area contributed by atoms with Crippen molar-refractivity contribution in [3.05, 3.63) is 11.7 Å². The predicted molar refractivity (Wildman–Crippen MR) is 69.7 cm³/mol. The molecule has 2 atom stereocenters. The molecule has 0 bridgehead atoms. The number of aliphatic hydroxyl groups excluding tert-OH is 1. The normalized spacial score (nSPS) is 23.5. The third-order valence-corrected chi connectivity index (χ3v) is 3.41. The van der Waals surface area contributed by atoms with Gasteiger partial charge in [-0.25, -0.2) is 0 Å². The van der Waals surface area contributed by atoms with Crippen LogP contribution in [0, 0.1) is 5.41 Å². The molecule has 0 radical (unpaired) electrons. The second kappa shape index (κ2) is 5.56. The van der Waals surface area contributed by atoms with Crippen LogP contribution < -0.4 is 0 Å². The molecule has 2 heterocycles. The minimum absolute atomic E-state index is 0.136. The van der Waals surface area contributed by atoms with Gasteiger partial charge in [-0.05, 0) is 12.5 Å². The van der Waals surface area contributed by atoms with E-state index in [9.17, 15) is 5.11 Å². The van der Waals surface area contributed by atoms with Crippen molar-refractivity contribution in [2.45, 2.75) is 39.4 Å². The first-order chi connectivity index (χ1) is 8.86. The molecule has 108 valence electrons. The number of morpholine rings is 1. The van der Waals surface area contributed by atoms with Gasteiger partial charge in [0.15, 0.2) is 0 Å². The molecular weight excluding hydrogens is 246 g/mol. The van der Waals surface area contributed by atoms with Gasteiger partial charge >= 0.3 is 0 Å². The summed E-state index contributed by atoms with van der Waals surface area (Å²) in [6, 6.07) is 0. The average Bonchev–Trinajstić information content (AvgIpc) is 2.76. The smallest absolute Gasteiger partial charge is 0.229 e. The molecule has 1 aliphatic heterocycles. The Kier molecular flexibility index (Phi) is 4.23. The Morgan fingerprint density at radius 2 is 2.21 bits per heavy atom. The lowest BCUT2D eigenvalue weighted by Crippen LogP contribution is -2.35. The summed E-state index contributed by atoms with van der Waals surface area (Å²) in [4.78, 5) is 6.51. The van der Waals surface area contributed by atoms with Crippen LogP contribution in [0.5, 0.6) is 0 Å². The zero-order chi connectivity index (χ0) is 14.0. The number of hydrogen-bond acceptors (Lipinski definition) is 6. The van der Waals surface area contributed by atoms with Gasteiger partial charge in [-0.3, -0.25) is 0 Å². The highest BCUT2D eigenvalue weighted by molar-refractivity contribution is 4.95. The summed E-state index contributed by atoms with van der Waals surface area (Å²) in [7, 11) is 2.04. The van der Waals surface area contributed by atoms with E-state index in [4.69, 9.17) is 9.26 Å². The van der Waals surface area contributed by atoms with Gasteiger partial charge in [0.05, 0.1) is 19.1 Å². The zero-order valence-corrected chi connectivity index (χ0v) is 12.1. The van der Waals surface area contributed by atoms with E-state index in [1.54, 1.807) is 0 Å². The summed E-state index contributed by atoms with van der Waals surface area (Å²) >= 11 is 0. The summed E-state index contributed by atoms with van der Waals surface area (Å²) in [5.74, 6) is 1.04. The van der Waals surface area contributed by atoms with Crippen LogP contribution in [0.2, 0.25) is 0 Å². The van der Waals surface area contributed by atoms with E-state index in [1.165, 1.54) is 0 Å². The van der Waals surface area contributed by atoms with Crippen molar-refractivity contribution >= 4 is 0 Å². The van der Waals surface area contributed by atoms with Crippen LogP contribution in [-0.4, -0.2) is 53.0 Å². The van der Waals surface area contributed by atoms with Gasteiger partial charge in [0.2, 0.25) is 11.7 Å². The lowest BCUT2D eigenvalue weighted by atomic mass is 9.87. The molecule has 0 saturated carbocycles. The topological polar surface area (TPSA) is 71.6 Å². The number of aromatic nitrogens is 2. The standard InChI is InChI=1S/C13H23N3O3/c1-13(2,3)10(17)7-11-14-12(15-19-11)9-8-16(4)5-6-18-9/h9-10,17H,5-8H2,1-4H3. The van der Waals surface area contributed by atoms with Crippen LogP contribution in [0.1, 0.15) is 38.6 Å². The van der Waals surface area contributed by atoms with Crippen molar-refractivity contribution in [3.63, 3.8) is 0 Å². The van der Waals surface area contributed by atoms with E-state index in [0.29, 0.717) is 24.7 Å². The minimum Gasteiger partial charge on any atom is -0.392 e. The van der Waals surface area contributed by atoms with Gasteiger partial charge in [0, 0.05) is 13.1 Å². The number of likely N-dealkylation sites (N-methyl/N-ethyl adjacent to an activating group) is 1. The van der Waals surface area contributed by atoms with E-state index in [2.05, 4.69) is 15.0 Å². The van der Waals surface area contributed by atoms with E-state index in [1.807, 2.05) is 27.8 Å². The summed E-state index contributed by atoms with van der Waals surface area (Å²) in [5, 5.41) is 14.0. The van der Waals surface area contributed by atoms with Crippen molar-refractivity contribution < 1.29 is 14.4 Å². The highest BCUT2D eigenvalue weighted by atomic mass is 16.5. The summed E-state index contributed by atoms with van der Waals surface area (Å²) in [6.45, 7) is 8.30. The first-order valence-corrected chi connectivity index (χ1v) is 6.67. The van der Waals surface area contributed by atoms with Crippen molar-refractivity contribution in [3.8, 4) is 0 Å². The summed E-state index contributed by atoms with van der Waals surface area (Å²) in [6.07, 6.45) is -0.266. The Labute approximate surface area is 113 Å². The molecule has 6 nitrogen and oxygen atoms in total. The van der Waals surface area contributed by atoms with Gasteiger partial charge < -0.3 is 19.3 Å². The molecule has 1 fully saturated rings. The Balaban J connectivity index is 1.99. The van der Waals surface area contributed by atoms with Crippen LogP contribution in [0.15, 0.2) is 4.52 Å². The molecule has 1 saturated heterocycles. The van der Waals surface area contributed by atoms with Crippen molar-refractivity contribution in [1.29, 1.82) is 0 Å². The van der Waals surface area contributed by atoms with Gasteiger partial charge in [0.1, 0.15) is 6.10 Å². The minimum atomic E-state index is -0.504. The Bertz CT molecular complexity index is 414. The second-order valence-electron chi connectivity index (χ2n) is 6.25. The Morgan fingerprint density at radius 1 is 1.47 bits per heavy atom. The number of hydrogen-bond donors (Lipinski definition) is 1. The van der Waals surface area contributed by atoms with Crippen LogP contribution in [0.3, 0.4) is 0 Å². The molecule has 1 N–H and O–H groups in total. The number of nitrogens with zero attached hydrogens (tertiary/aromatic N) is 3. The van der Waals surface area contributed by atoms with E-state index in [0.717, 1.165) is 13.1 Å². The molecule has 2 unspecified atom stereocenters. The molecule has 0 amide bonds. The van der Waals surface area contributed by atoms with E-state index >= 15 is 0 Å². The predicted octanol–water partition coefficient (Wildman–Crippen LogP) is 1.02. The van der Waals surface area contributed by atoms with Gasteiger partial charge in [-0.1, -0.05) is 25.9 Å². The highest BCUT2D eigenvalue weighted by Crippen LogP contribution is 2.23. The lowest BCUT2D eigenvalue weighted by molar-refractivity contribution is -0.0264. The molecule has 6 heteroatoms. The maximum atomic E-state index is 10.0. The van der Waals surface area contributed by atoms with Crippen LogP contribution >= 0.6 is 0 Å².